The summed E-state index contributed by atoms with van der Waals surface area (Å²) in [4.78, 5) is 23.2. The minimum atomic E-state index is -4.27. The Morgan fingerprint density at radius 1 is 1.59 bits per heavy atom. The molecule has 0 bridgehead atoms. The Hall–Kier alpha value is -0.542. The summed E-state index contributed by atoms with van der Waals surface area (Å²) in [6, 6.07) is 1.67. The number of hydrogen-bond acceptors (Lipinski definition) is 6. The molecule has 2 N–H and O–H groups in total. The fourth-order valence-corrected chi connectivity index (χ4v) is 4.94. The second-order valence-corrected chi connectivity index (χ2v) is 9.83. The molecule has 6 nitrogen and oxygen atoms in total. The molecule has 1 saturated carbocycles. The van der Waals surface area contributed by atoms with Gasteiger partial charge in [-0.15, -0.1) is 0 Å². The SMILES string of the molecule is N#CSc1cc(OCP(=O)(O)O)c2nc([As])sc2c1C1CC1. The number of thiocyanates is 1. The van der Waals surface area contributed by atoms with E-state index in [1.54, 1.807) is 6.07 Å². The summed E-state index contributed by atoms with van der Waals surface area (Å²) in [6.45, 7) is 0. The third kappa shape index (κ3) is 3.51. The van der Waals surface area contributed by atoms with E-state index in [1.807, 2.05) is 0 Å². The molecule has 1 aliphatic rings. The molecule has 10 heteroatoms. The first-order valence-electron chi connectivity index (χ1n) is 6.29. The second kappa shape index (κ2) is 6.16. The van der Waals surface area contributed by atoms with Crippen molar-refractivity contribution in [2.45, 2.75) is 23.7 Å². The second-order valence-electron chi connectivity index (χ2n) is 4.87. The van der Waals surface area contributed by atoms with Gasteiger partial charge in [-0.3, -0.25) is 0 Å². The molecule has 0 atom stereocenters. The van der Waals surface area contributed by atoms with E-state index in [9.17, 15) is 4.57 Å². The van der Waals surface area contributed by atoms with Crippen molar-refractivity contribution in [3.05, 3.63) is 11.6 Å². The van der Waals surface area contributed by atoms with Gasteiger partial charge in [-0.05, 0) is 0 Å². The summed E-state index contributed by atoms with van der Waals surface area (Å²) in [5.74, 6) is 0.746. The molecule has 0 saturated heterocycles. The number of rotatable bonds is 5. The van der Waals surface area contributed by atoms with Crippen LogP contribution in [0.2, 0.25) is 0 Å². The summed E-state index contributed by atoms with van der Waals surface area (Å²) in [6.07, 6.45) is 1.47. The van der Waals surface area contributed by atoms with E-state index in [1.165, 1.54) is 11.3 Å². The maximum absolute atomic E-state index is 11.0. The van der Waals surface area contributed by atoms with Crippen LogP contribution in [0, 0.1) is 10.7 Å². The quantitative estimate of drug-likeness (QED) is 0.333. The number of benzene rings is 1. The molecule has 0 unspecified atom stereocenters. The van der Waals surface area contributed by atoms with Gasteiger partial charge in [0.1, 0.15) is 0 Å². The van der Waals surface area contributed by atoms with Crippen LogP contribution >= 0.6 is 30.7 Å². The van der Waals surface area contributed by atoms with Gasteiger partial charge in [-0.2, -0.15) is 0 Å². The third-order valence-electron chi connectivity index (χ3n) is 3.15. The molecule has 1 fully saturated rings. The molecule has 0 amide bonds. The number of hydrogen-bond donors (Lipinski definition) is 2. The van der Waals surface area contributed by atoms with Crippen molar-refractivity contribution in [3.63, 3.8) is 0 Å². The Bertz CT molecular complexity index is 825. The van der Waals surface area contributed by atoms with Crippen LogP contribution in [0.25, 0.3) is 10.2 Å². The van der Waals surface area contributed by atoms with E-state index in [2.05, 4.69) is 27.2 Å². The van der Waals surface area contributed by atoms with Gasteiger partial charge in [0.25, 0.3) is 0 Å². The van der Waals surface area contributed by atoms with Gasteiger partial charge in [-0.25, -0.2) is 0 Å². The van der Waals surface area contributed by atoms with Crippen molar-refractivity contribution in [1.82, 2.24) is 4.98 Å². The Kier molecular flexibility index (Phi) is 4.57. The van der Waals surface area contributed by atoms with Crippen molar-refractivity contribution >= 4 is 61.6 Å². The molecule has 2 radical (unpaired) electrons. The van der Waals surface area contributed by atoms with Gasteiger partial charge in [-0.1, -0.05) is 0 Å². The van der Waals surface area contributed by atoms with Crippen LogP contribution in [0.4, 0.5) is 0 Å². The fraction of sp³-hybridized carbons (Fsp3) is 0.333. The van der Waals surface area contributed by atoms with Crippen LogP contribution < -0.4 is 8.53 Å². The average Bonchev–Trinajstić information content (AvgIpc) is 3.16. The molecule has 0 spiro atoms. The Balaban J connectivity index is 2.13. The predicted octanol–water partition coefficient (Wildman–Crippen LogP) is 2.05. The molecule has 2 aromatic rings. The molecule has 1 aromatic heterocycles. The zero-order valence-corrected chi connectivity index (χ0v) is 15.5. The molecule has 1 heterocycles. The number of thiazole rings is 1. The number of nitrogens with zero attached hydrogens (tertiary/aromatic N) is 2. The van der Waals surface area contributed by atoms with Crippen LogP contribution in [-0.2, 0) is 4.57 Å². The van der Waals surface area contributed by atoms with E-state index in [0.29, 0.717) is 17.2 Å². The van der Waals surface area contributed by atoms with Crippen LogP contribution in [0.1, 0.15) is 24.3 Å². The summed E-state index contributed by atoms with van der Waals surface area (Å²) >= 11 is 4.91. The van der Waals surface area contributed by atoms with E-state index in [-0.39, 0.29) is 0 Å². The first-order chi connectivity index (χ1) is 10.4. The van der Waals surface area contributed by atoms with Crippen LogP contribution in [0.3, 0.4) is 0 Å². The summed E-state index contributed by atoms with van der Waals surface area (Å²) in [5, 5.41) is 11.1. The number of nitriles is 1. The van der Waals surface area contributed by atoms with Crippen LogP contribution in [-0.4, -0.2) is 38.0 Å². The third-order valence-corrected chi connectivity index (χ3v) is 5.94. The molecule has 3 rings (SSSR count). The monoisotopic (exact) mass is 416 g/mol. The average molecular weight is 416 g/mol. The van der Waals surface area contributed by atoms with E-state index in [4.69, 9.17) is 19.8 Å². The van der Waals surface area contributed by atoms with Crippen LogP contribution in [0.5, 0.6) is 5.75 Å². The van der Waals surface area contributed by atoms with Gasteiger partial charge in [0, 0.05) is 0 Å². The van der Waals surface area contributed by atoms with Gasteiger partial charge in [0.15, 0.2) is 0 Å². The normalized spacial score (nSPS) is 15.0. The minimum absolute atomic E-state index is 0.314. The number of fused-ring (bicyclic) bond motifs is 1. The summed E-state index contributed by atoms with van der Waals surface area (Å²) in [5.41, 5.74) is 1.72. The number of aromatic nitrogens is 1. The molecule has 22 heavy (non-hydrogen) atoms. The maximum atomic E-state index is 11.0. The topological polar surface area (TPSA) is 103 Å². The van der Waals surface area contributed by atoms with E-state index in [0.717, 1.165) is 43.6 Å². The van der Waals surface area contributed by atoms with Crippen molar-refractivity contribution in [1.29, 1.82) is 5.26 Å². The number of ether oxygens (including phenoxy) is 1. The number of thioether (sulfide) groups is 1. The van der Waals surface area contributed by atoms with Gasteiger partial charge >= 0.3 is 144 Å². The van der Waals surface area contributed by atoms with Crippen molar-refractivity contribution in [2.24, 2.45) is 0 Å². The summed E-state index contributed by atoms with van der Waals surface area (Å²) in [7, 11) is -4.27. The Morgan fingerprint density at radius 2 is 2.32 bits per heavy atom. The van der Waals surface area contributed by atoms with E-state index >= 15 is 0 Å². The molecule has 0 aliphatic heterocycles. The van der Waals surface area contributed by atoms with E-state index < -0.39 is 13.9 Å². The predicted molar refractivity (Wildman–Crippen MR) is 86.0 cm³/mol. The molecule has 114 valence electrons. The molecule has 1 aromatic carbocycles. The van der Waals surface area contributed by atoms with Gasteiger partial charge in [0.05, 0.1) is 0 Å². The van der Waals surface area contributed by atoms with Crippen molar-refractivity contribution in [2.75, 3.05) is 6.35 Å². The summed E-state index contributed by atoms with van der Waals surface area (Å²) < 4.78 is 18.1. The zero-order chi connectivity index (χ0) is 15.9. The molecule has 1 aliphatic carbocycles. The first-order valence-corrected chi connectivity index (χ1v) is 10.7. The van der Waals surface area contributed by atoms with Gasteiger partial charge in [0.2, 0.25) is 0 Å². The Morgan fingerprint density at radius 3 is 2.91 bits per heavy atom. The molecular formula is C12H10AsN2O4PS2. The standard InChI is InChI=1S/C12H10AsN2O4PS2/c13-12-15-10-7(19-5-20(16,17)18)3-8(21-4-14)9(6-1-2-6)11(10)22-12/h3,6H,1-2,5H2,(H2,16,17,18). The Labute approximate surface area is 143 Å². The first kappa shape index (κ1) is 16.3. The zero-order valence-electron chi connectivity index (χ0n) is 11.1. The van der Waals surface area contributed by atoms with Crippen molar-refractivity contribution in [3.8, 4) is 11.2 Å². The van der Waals surface area contributed by atoms with Gasteiger partial charge < -0.3 is 0 Å². The van der Waals surface area contributed by atoms with Crippen LogP contribution in [0.15, 0.2) is 11.0 Å². The fourth-order valence-electron chi connectivity index (χ4n) is 2.19. The molecular weight excluding hydrogens is 406 g/mol. The van der Waals surface area contributed by atoms with Crippen molar-refractivity contribution < 1.29 is 19.1 Å².